The first-order valence-corrected chi connectivity index (χ1v) is 11.1. The number of anilines is 2. The van der Waals surface area contributed by atoms with Crippen LogP contribution in [-0.4, -0.2) is 29.0 Å². The smallest absolute Gasteiger partial charge is 0.356 e. The van der Waals surface area contributed by atoms with E-state index in [-0.39, 0.29) is 5.91 Å². The Kier molecular flexibility index (Phi) is 5.52. The molecule has 3 aromatic rings. The molecule has 1 N–H and O–H groups in total. The van der Waals surface area contributed by atoms with Crippen molar-refractivity contribution < 1.29 is 18.0 Å². The quantitative estimate of drug-likeness (QED) is 0.574. The fourth-order valence-corrected chi connectivity index (χ4v) is 4.36. The summed E-state index contributed by atoms with van der Waals surface area (Å²) in [5.41, 5.74) is 2.38. The van der Waals surface area contributed by atoms with Gasteiger partial charge in [-0.1, -0.05) is 18.2 Å². The second kappa shape index (κ2) is 8.50. The van der Waals surface area contributed by atoms with Crippen LogP contribution in [0.3, 0.4) is 0 Å². The van der Waals surface area contributed by atoms with E-state index in [1.54, 1.807) is 24.4 Å². The van der Waals surface area contributed by atoms with E-state index < -0.39 is 17.7 Å². The van der Waals surface area contributed by atoms with E-state index in [0.29, 0.717) is 29.1 Å². The lowest BCUT2D eigenvalue weighted by Gasteiger charge is -2.32. The molecule has 3 heterocycles. The molecule has 0 spiro atoms. The first kappa shape index (κ1) is 21.4. The van der Waals surface area contributed by atoms with Crippen LogP contribution in [-0.2, 0) is 17.4 Å². The Hall–Kier alpha value is -3.42. The lowest BCUT2D eigenvalue weighted by atomic mass is 9.85. The molecular weight excluding hydrogens is 429 g/mol. The molecular formula is C25H23F3N4O. The molecule has 0 bridgehead atoms. The summed E-state index contributed by atoms with van der Waals surface area (Å²) in [7, 11) is 0. The van der Waals surface area contributed by atoms with Gasteiger partial charge in [0.2, 0.25) is 5.91 Å². The van der Waals surface area contributed by atoms with E-state index in [1.165, 1.54) is 6.07 Å². The van der Waals surface area contributed by atoms with Crippen molar-refractivity contribution >= 4 is 17.4 Å². The zero-order valence-electron chi connectivity index (χ0n) is 17.9. The topological polar surface area (TPSA) is 58.1 Å². The average molecular weight is 452 g/mol. The number of nitrogens with zero attached hydrogens (tertiary/aromatic N) is 3. The fourth-order valence-electron chi connectivity index (χ4n) is 4.36. The third-order valence-electron chi connectivity index (χ3n) is 6.28. The number of amides is 1. The molecule has 8 heteroatoms. The molecule has 1 atom stereocenters. The second-order valence-electron chi connectivity index (χ2n) is 8.50. The molecule has 0 saturated carbocycles. The van der Waals surface area contributed by atoms with Gasteiger partial charge in [0.1, 0.15) is 5.82 Å². The van der Waals surface area contributed by atoms with Crippen LogP contribution in [0.4, 0.5) is 24.7 Å². The molecule has 1 fully saturated rings. The number of rotatable bonds is 4. The van der Waals surface area contributed by atoms with Gasteiger partial charge in [0.25, 0.3) is 0 Å². The lowest BCUT2D eigenvalue weighted by Crippen LogP contribution is -2.37. The van der Waals surface area contributed by atoms with Crippen LogP contribution in [0.5, 0.6) is 0 Å². The molecule has 1 aliphatic heterocycles. The Morgan fingerprint density at radius 2 is 1.91 bits per heavy atom. The number of benzene rings is 1. The van der Waals surface area contributed by atoms with Gasteiger partial charge in [-0.25, -0.2) is 4.98 Å². The first-order chi connectivity index (χ1) is 15.9. The summed E-state index contributed by atoms with van der Waals surface area (Å²) in [4.78, 5) is 24.4. The van der Waals surface area contributed by atoms with Crippen LogP contribution in [0, 0.1) is 0 Å². The van der Waals surface area contributed by atoms with Crippen molar-refractivity contribution in [1.82, 2.24) is 9.97 Å². The van der Waals surface area contributed by atoms with Crippen molar-refractivity contribution in [2.75, 3.05) is 23.3 Å². The Balaban J connectivity index is 1.41. The highest BCUT2D eigenvalue weighted by Crippen LogP contribution is 2.35. The maximum absolute atomic E-state index is 13.2. The van der Waals surface area contributed by atoms with Crippen LogP contribution in [0.1, 0.15) is 42.0 Å². The maximum Gasteiger partial charge on any atom is 0.416 e. The molecule has 170 valence electrons. The first-order valence-electron chi connectivity index (χ1n) is 11.1. The molecule has 1 aliphatic carbocycles. The second-order valence-corrected chi connectivity index (χ2v) is 8.50. The molecule has 1 aromatic carbocycles. The highest BCUT2D eigenvalue weighted by Gasteiger charge is 2.31. The van der Waals surface area contributed by atoms with Gasteiger partial charge in [-0.05, 0) is 55.5 Å². The average Bonchev–Trinajstić information content (AvgIpc) is 2.77. The maximum atomic E-state index is 13.2. The van der Waals surface area contributed by atoms with Gasteiger partial charge in [0.15, 0.2) is 0 Å². The summed E-state index contributed by atoms with van der Waals surface area (Å²) >= 11 is 0. The number of carbonyl (C=O) groups is 1. The van der Waals surface area contributed by atoms with E-state index in [1.807, 2.05) is 12.1 Å². The van der Waals surface area contributed by atoms with Gasteiger partial charge in [-0.15, -0.1) is 0 Å². The SMILES string of the molecule is O=C(Nc1ccnc(N2CCC2)c1)C1CCCc2ccc(-c3cccc(C(F)(F)F)c3)nc21. The molecule has 2 aromatic heterocycles. The molecule has 1 unspecified atom stereocenters. The van der Waals surface area contributed by atoms with Crippen molar-refractivity contribution in [2.24, 2.45) is 0 Å². The van der Waals surface area contributed by atoms with Crippen LogP contribution < -0.4 is 10.2 Å². The van der Waals surface area contributed by atoms with Crippen molar-refractivity contribution in [3.63, 3.8) is 0 Å². The fraction of sp³-hybridized carbons (Fsp3) is 0.320. The number of pyridine rings is 2. The van der Waals surface area contributed by atoms with E-state index in [4.69, 9.17) is 0 Å². The third kappa shape index (κ3) is 4.42. The normalized spacial score (nSPS) is 17.8. The van der Waals surface area contributed by atoms with Crippen molar-refractivity contribution in [1.29, 1.82) is 0 Å². The van der Waals surface area contributed by atoms with E-state index in [2.05, 4.69) is 20.2 Å². The molecule has 5 nitrogen and oxygen atoms in total. The van der Waals surface area contributed by atoms with Gasteiger partial charge in [0, 0.05) is 36.6 Å². The Bertz CT molecular complexity index is 1190. The van der Waals surface area contributed by atoms with Gasteiger partial charge in [0.05, 0.1) is 22.9 Å². The molecule has 33 heavy (non-hydrogen) atoms. The summed E-state index contributed by atoms with van der Waals surface area (Å²) in [5.74, 6) is 0.221. The van der Waals surface area contributed by atoms with Crippen molar-refractivity contribution in [3.8, 4) is 11.3 Å². The monoisotopic (exact) mass is 452 g/mol. The standard InChI is InChI=1S/C25H23F3N4O/c26-25(27,28)18-6-1-5-17(14-18)21-9-8-16-4-2-7-20(23(16)31-21)24(33)30-19-10-11-29-22(15-19)32-12-3-13-32/h1,5-6,8-11,14-15,20H,2-4,7,12-13H2,(H,29,30,33). The number of nitrogens with one attached hydrogen (secondary N) is 1. The minimum atomic E-state index is -4.42. The number of fused-ring (bicyclic) bond motifs is 1. The van der Waals surface area contributed by atoms with E-state index in [0.717, 1.165) is 55.9 Å². The molecule has 1 saturated heterocycles. The number of aryl methyl sites for hydroxylation is 1. The molecule has 5 rings (SSSR count). The van der Waals surface area contributed by atoms with Gasteiger partial charge >= 0.3 is 6.18 Å². The van der Waals surface area contributed by atoms with Crippen LogP contribution in [0.25, 0.3) is 11.3 Å². The Morgan fingerprint density at radius 1 is 1.06 bits per heavy atom. The van der Waals surface area contributed by atoms with Crippen molar-refractivity contribution in [3.05, 3.63) is 71.5 Å². The Morgan fingerprint density at radius 3 is 2.67 bits per heavy atom. The Labute approximate surface area is 189 Å². The third-order valence-corrected chi connectivity index (χ3v) is 6.28. The van der Waals surface area contributed by atoms with E-state index >= 15 is 0 Å². The molecule has 1 amide bonds. The lowest BCUT2D eigenvalue weighted by molar-refractivity contribution is -0.137. The number of alkyl halides is 3. The summed E-state index contributed by atoms with van der Waals surface area (Å²) in [6.07, 6.45) is 0.682. The highest BCUT2D eigenvalue weighted by atomic mass is 19.4. The van der Waals surface area contributed by atoms with Crippen LogP contribution >= 0.6 is 0 Å². The highest BCUT2D eigenvalue weighted by molar-refractivity contribution is 5.96. The number of aromatic nitrogens is 2. The van der Waals surface area contributed by atoms with E-state index in [9.17, 15) is 18.0 Å². The predicted molar refractivity (Wildman–Crippen MR) is 120 cm³/mol. The van der Waals surface area contributed by atoms with Crippen LogP contribution in [0.2, 0.25) is 0 Å². The molecule has 2 aliphatic rings. The number of hydrogen-bond acceptors (Lipinski definition) is 4. The summed E-state index contributed by atoms with van der Waals surface area (Å²) in [6, 6.07) is 12.4. The minimum absolute atomic E-state index is 0.162. The van der Waals surface area contributed by atoms with Crippen LogP contribution in [0.15, 0.2) is 54.7 Å². The summed E-state index contributed by atoms with van der Waals surface area (Å²) in [6.45, 7) is 1.92. The van der Waals surface area contributed by atoms with Gasteiger partial charge < -0.3 is 10.2 Å². The number of hydrogen-bond donors (Lipinski definition) is 1. The van der Waals surface area contributed by atoms with Gasteiger partial charge in [-0.3, -0.25) is 9.78 Å². The summed E-state index contributed by atoms with van der Waals surface area (Å²) in [5, 5.41) is 2.99. The number of halogens is 3. The number of carbonyl (C=O) groups excluding carboxylic acids is 1. The summed E-state index contributed by atoms with van der Waals surface area (Å²) < 4.78 is 39.5. The molecule has 0 radical (unpaired) electrons. The predicted octanol–water partition coefficient (Wildman–Crippen LogP) is 5.43. The zero-order valence-corrected chi connectivity index (χ0v) is 17.9. The van der Waals surface area contributed by atoms with Crippen molar-refractivity contribution in [2.45, 2.75) is 37.8 Å². The van der Waals surface area contributed by atoms with Gasteiger partial charge in [-0.2, -0.15) is 13.2 Å². The largest absolute Gasteiger partial charge is 0.416 e. The zero-order chi connectivity index (χ0) is 23.0. The minimum Gasteiger partial charge on any atom is -0.356 e.